The van der Waals surface area contributed by atoms with Gasteiger partial charge in [0.2, 0.25) is 0 Å². The van der Waals surface area contributed by atoms with Crippen molar-refractivity contribution in [2.24, 2.45) is 0 Å². The highest BCUT2D eigenvalue weighted by Gasteiger charge is 2.13. The molecule has 1 heterocycles. The van der Waals surface area contributed by atoms with Crippen LogP contribution in [0.1, 0.15) is 11.3 Å². The Kier molecular flexibility index (Phi) is 5.66. The maximum Gasteiger partial charge on any atom is 0.266 e. The Morgan fingerprint density at radius 3 is 2.67 bits per heavy atom. The molecule has 1 N–H and O–H groups in total. The molecule has 0 aliphatic rings. The van der Waals surface area contributed by atoms with Gasteiger partial charge in [-0.15, -0.1) is 0 Å². The van der Waals surface area contributed by atoms with E-state index in [0.29, 0.717) is 32.8 Å². The van der Waals surface area contributed by atoms with Crippen molar-refractivity contribution in [2.45, 2.75) is 6.92 Å². The zero-order chi connectivity index (χ0) is 19.4. The topological polar surface area (TPSA) is 66.0 Å². The van der Waals surface area contributed by atoms with Crippen molar-refractivity contribution in [3.63, 3.8) is 0 Å². The number of carbonyl (C=O) groups excluding carboxylic acids is 1. The molecule has 4 nitrogen and oxygen atoms in total. The number of nitrogens with zero attached hydrogens (tertiary/aromatic N) is 1. The third kappa shape index (κ3) is 4.40. The lowest BCUT2D eigenvalue weighted by atomic mass is 10.1. The summed E-state index contributed by atoms with van der Waals surface area (Å²) in [5.74, 6) is 0.341. The number of para-hydroxylation sites is 1. The van der Waals surface area contributed by atoms with Gasteiger partial charge in [-0.3, -0.25) is 4.79 Å². The molecule has 0 aliphatic carbocycles. The molecular weight excluding hydrogens is 383 g/mol. The molecule has 3 aromatic rings. The van der Waals surface area contributed by atoms with Gasteiger partial charge in [0.05, 0.1) is 5.02 Å². The van der Waals surface area contributed by atoms with Gasteiger partial charge >= 0.3 is 0 Å². The van der Waals surface area contributed by atoms with Crippen LogP contribution in [0.25, 0.3) is 17.4 Å². The summed E-state index contributed by atoms with van der Waals surface area (Å²) in [6.07, 6.45) is 1.38. The molecule has 0 aliphatic heterocycles. The van der Waals surface area contributed by atoms with Gasteiger partial charge in [0, 0.05) is 22.3 Å². The quantitative estimate of drug-likeness (QED) is 0.427. The van der Waals surface area contributed by atoms with Gasteiger partial charge in [0.15, 0.2) is 0 Å². The highest BCUT2D eigenvalue weighted by atomic mass is 35.5. The molecule has 134 valence electrons. The standard InChI is InChI=1S/C21H14Cl2N2O2/c1-13-4-2-3-5-19(13)25-21(26)14(12-24)10-16-7-9-20(27-16)17-11-15(22)6-8-18(17)23/h2-11H,1H3,(H,25,26). The van der Waals surface area contributed by atoms with Crippen LogP contribution >= 0.6 is 23.2 Å². The lowest BCUT2D eigenvalue weighted by Gasteiger charge is -2.06. The summed E-state index contributed by atoms with van der Waals surface area (Å²) in [5, 5.41) is 13.1. The van der Waals surface area contributed by atoms with E-state index in [2.05, 4.69) is 5.32 Å². The van der Waals surface area contributed by atoms with Crippen LogP contribution in [0.15, 0.2) is 64.6 Å². The first-order chi connectivity index (χ1) is 13.0. The van der Waals surface area contributed by atoms with Crippen LogP contribution in [0.4, 0.5) is 5.69 Å². The lowest BCUT2D eigenvalue weighted by Crippen LogP contribution is -2.14. The molecule has 0 bridgehead atoms. The van der Waals surface area contributed by atoms with E-state index in [1.807, 2.05) is 31.2 Å². The highest BCUT2D eigenvalue weighted by molar-refractivity contribution is 6.35. The van der Waals surface area contributed by atoms with Crippen LogP contribution in [0.5, 0.6) is 0 Å². The largest absolute Gasteiger partial charge is 0.457 e. The summed E-state index contributed by atoms with van der Waals surface area (Å²) in [4.78, 5) is 12.4. The summed E-state index contributed by atoms with van der Waals surface area (Å²) < 4.78 is 5.71. The second kappa shape index (κ2) is 8.13. The molecule has 27 heavy (non-hydrogen) atoms. The fraction of sp³-hybridized carbons (Fsp3) is 0.0476. The molecule has 1 amide bonds. The average Bonchev–Trinajstić information content (AvgIpc) is 3.12. The number of furan rings is 1. The summed E-state index contributed by atoms with van der Waals surface area (Å²) >= 11 is 12.2. The van der Waals surface area contributed by atoms with Crippen molar-refractivity contribution in [3.05, 3.63) is 81.5 Å². The van der Waals surface area contributed by atoms with Gasteiger partial charge in [-0.05, 0) is 48.9 Å². The Morgan fingerprint density at radius 2 is 1.93 bits per heavy atom. The van der Waals surface area contributed by atoms with Crippen molar-refractivity contribution >= 4 is 40.9 Å². The molecule has 6 heteroatoms. The molecule has 0 saturated carbocycles. The minimum absolute atomic E-state index is 0.0728. The number of aryl methyl sites for hydroxylation is 1. The van der Waals surface area contributed by atoms with Crippen LogP contribution in [0.3, 0.4) is 0 Å². The van der Waals surface area contributed by atoms with Gasteiger partial charge in [-0.25, -0.2) is 0 Å². The maximum absolute atomic E-state index is 12.4. The van der Waals surface area contributed by atoms with E-state index in [-0.39, 0.29) is 5.57 Å². The minimum Gasteiger partial charge on any atom is -0.457 e. The van der Waals surface area contributed by atoms with Gasteiger partial charge < -0.3 is 9.73 Å². The summed E-state index contributed by atoms with van der Waals surface area (Å²) in [5.41, 5.74) is 2.11. The number of nitriles is 1. The van der Waals surface area contributed by atoms with Crippen LogP contribution in [-0.2, 0) is 4.79 Å². The Balaban J connectivity index is 1.85. The third-order valence-electron chi connectivity index (χ3n) is 3.87. The van der Waals surface area contributed by atoms with E-state index in [1.165, 1.54) is 6.08 Å². The van der Waals surface area contributed by atoms with E-state index < -0.39 is 5.91 Å². The van der Waals surface area contributed by atoms with Crippen LogP contribution in [0, 0.1) is 18.3 Å². The van der Waals surface area contributed by atoms with E-state index >= 15 is 0 Å². The van der Waals surface area contributed by atoms with E-state index in [1.54, 1.807) is 36.4 Å². The van der Waals surface area contributed by atoms with Crippen molar-refractivity contribution < 1.29 is 9.21 Å². The molecule has 0 saturated heterocycles. The molecule has 0 atom stereocenters. The third-order valence-corrected chi connectivity index (χ3v) is 4.43. The number of amides is 1. The molecular formula is C21H14Cl2N2O2. The minimum atomic E-state index is -0.509. The highest BCUT2D eigenvalue weighted by Crippen LogP contribution is 2.32. The zero-order valence-electron chi connectivity index (χ0n) is 14.3. The first-order valence-corrected chi connectivity index (χ1v) is 8.77. The second-order valence-electron chi connectivity index (χ2n) is 5.77. The summed E-state index contributed by atoms with van der Waals surface area (Å²) in [6, 6.07) is 17.6. The SMILES string of the molecule is Cc1ccccc1NC(=O)C(C#N)=Cc1ccc(-c2cc(Cl)ccc2Cl)o1. The number of nitrogens with one attached hydrogen (secondary N) is 1. The van der Waals surface area contributed by atoms with Crippen molar-refractivity contribution in [1.82, 2.24) is 0 Å². The van der Waals surface area contributed by atoms with Crippen LogP contribution in [0.2, 0.25) is 10.0 Å². The Morgan fingerprint density at radius 1 is 1.15 bits per heavy atom. The summed E-state index contributed by atoms with van der Waals surface area (Å²) in [7, 11) is 0. The molecule has 2 aromatic carbocycles. The number of hydrogen-bond acceptors (Lipinski definition) is 3. The fourth-order valence-corrected chi connectivity index (χ4v) is 2.84. The Hall–Kier alpha value is -3.00. The predicted molar refractivity (Wildman–Crippen MR) is 108 cm³/mol. The van der Waals surface area contributed by atoms with Crippen LogP contribution < -0.4 is 5.32 Å². The molecule has 3 rings (SSSR count). The molecule has 0 radical (unpaired) electrons. The Bertz CT molecular complexity index is 1080. The smallest absolute Gasteiger partial charge is 0.266 e. The number of rotatable bonds is 4. The van der Waals surface area contributed by atoms with E-state index in [4.69, 9.17) is 27.6 Å². The number of hydrogen-bond donors (Lipinski definition) is 1. The van der Waals surface area contributed by atoms with Gasteiger partial charge in [0.1, 0.15) is 23.2 Å². The zero-order valence-corrected chi connectivity index (χ0v) is 15.8. The molecule has 0 spiro atoms. The first kappa shape index (κ1) is 18.8. The Labute approximate surface area is 166 Å². The number of halogens is 2. The van der Waals surface area contributed by atoms with Crippen molar-refractivity contribution in [1.29, 1.82) is 5.26 Å². The molecule has 0 fully saturated rings. The fourth-order valence-electron chi connectivity index (χ4n) is 2.46. The number of anilines is 1. The summed E-state index contributed by atoms with van der Waals surface area (Å²) in [6.45, 7) is 1.87. The van der Waals surface area contributed by atoms with E-state index in [9.17, 15) is 10.1 Å². The predicted octanol–water partition coefficient (Wildman–Crippen LogP) is 6.11. The monoisotopic (exact) mass is 396 g/mol. The number of carbonyl (C=O) groups is 1. The molecule has 0 unspecified atom stereocenters. The van der Waals surface area contributed by atoms with Crippen LogP contribution in [-0.4, -0.2) is 5.91 Å². The van der Waals surface area contributed by atoms with Gasteiger partial charge in [0.25, 0.3) is 5.91 Å². The molecule has 1 aromatic heterocycles. The first-order valence-electron chi connectivity index (χ1n) is 8.02. The van der Waals surface area contributed by atoms with Crippen molar-refractivity contribution in [3.8, 4) is 17.4 Å². The maximum atomic E-state index is 12.4. The lowest BCUT2D eigenvalue weighted by molar-refractivity contribution is -0.112. The van der Waals surface area contributed by atoms with E-state index in [0.717, 1.165) is 5.56 Å². The average molecular weight is 397 g/mol. The van der Waals surface area contributed by atoms with Gasteiger partial charge in [-0.1, -0.05) is 41.4 Å². The second-order valence-corrected chi connectivity index (χ2v) is 6.61. The van der Waals surface area contributed by atoms with Gasteiger partial charge in [-0.2, -0.15) is 5.26 Å². The van der Waals surface area contributed by atoms with Crippen molar-refractivity contribution in [2.75, 3.05) is 5.32 Å². The normalized spacial score (nSPS) is 11.1. The number of benzene rings is 2.